The van der Waals surface area contributed by atoms with Gasteiger partial charge < -0.3 is 9.64 Å². The van der Waals surface area contributed by atoms with Gasteiger partial charge in [-0.05, 0) is 6.07 Å². The lowest BCUT2D eigenvalue weighted by molar-refractivity contribution is 0.144. The minimum absolute atomic E-state index is 0.801. The van der Waals surface area contributed by atoms with Crippen molar-refractivity contribution in [2.45, 2.75) is 0 Å². The smallest absolute Gasteiger partial charge is 0.155 e. The van der Waals surface area contributed by atoms with Crippen molar-refractivity contribution in [3.8, 4) is 5.82 Å². The molecule has 21 heavy (non-hydrogen) atoms. The van der Waals surface area contributed by atoms with Gasteiger partial charge in [0.05, 0.1) is 12.8 Å². The Kier molecular flexibility index (Phi) is 4.47. The van der Waals surface area contributed by atoms with Crippen LogP contribution >= 0.6 is 0 Å². The second kappa shape index (κ2) is 6.69. The summed E-state index contributed by atoms with van der Waals surface area (Å²) < 4.78 is 6.87. The van der Waals surface area contributed by atoms with Gasteiger partial charge in [0.1, 0.15) is 0 Å². The molecule has 1 aliphatic rings. The zero-order chi connectivity index (χ0) is 14.5. The van der Waals surface area contributed by atoms with Crippen molar-refractivity contribution < 1.29 is 4.74 Å². The van der Waals surface area contributed by atoms with Gasteiger partial charge in [0.25, 0.3) is 0 Å². The number of nitrogens with zero attached hydrogens (tertiary/aromatic N) is 5. The van der Waals surface area contributed by atoms with Crippen LogP contribution in [0.5, 0.6) is 0 Å². The van der Waals surface area contributed by atoms with Gasteiger partial charge in [-0.15, -0.1) is 0 Å². The maximum atomic E-state index is 5.14. The van der Waals surface area contributed by atoms with Gasteiger partial charge in [0, 0.05) is 70.0 Å². The van der Waals surface area contributed by atoms with E-state index in [-0.39, 0.29) is 0 Å². The van der Waals surface area contributed by atoms with E-state index in [9.17, 15) is 0 Å². The highest BCUT2D eigenvalue weighted by Gasteiger charge is 2.17. The van der Waals surface area contributed by atoms with Crippen LogP contribution in [-0.2, 0) is 4.74 Å². The normalized spacial score (nSPS) is 16.3. The van der Waals surface area contributed by atoms with Crippen molar-refractivity contribution in [3.05, 3.63) is 36.8 Å². The van der Waals surface area contributed by atoms with Crippen LogP contribution < -0.4 is 4.90 Å². The van der Waals surface area contributed by atoms with Crippen molar-refractivity contribution in [2.24, 2.45) is 0 Å². The van der Waals surface area contributed by atoms with E-state index in [1.165, 1.54) is 5.69 Å². The lowest BCUT2D eigenvalue weighted by Crippen LogP contribution is -2.47. The van der Waals surface area contributed by atoms with E-state index in [1.807, 2.05) is 6.20 Å². The number of hydrogen-bond acceptors (Lipinski definition) is 5. The Balaban J connectivity index is 1.64. The summed E-state index contributed by atoms with van der Waals surface area (Å²) in [6.07, 6.45) is 5.27. The number of piperazine rings is 1. The molecule has 1 fully saturated rings. The van der Waals surface area contributed by atoms with E-state index >= 15 is 0 Å². The highest BCUT2D eigenvalue weighted by atomic mass is 16.5. The molecule has 6 nitrogen and oxygen atoms in total. The van der Waals surface area contributed by atoms with Gasteiger partial charge in [-0.2, -0.15) is 5.10 Å². The van der Waals surface area contributed by atoms with Crippen molar-refractivity contribution in [3.63, 3.8) is 0 Å². The average Bonchev–Trinajstić information content (AvgIpc) is 3.08. The Morgan fingerprint density at radius 3 is 2.86 bits per heavy atom. The maximum Gasteiger partial charge on any atom is 0.155 e. The number of ether oxygens (including phenoxy) is 1. The van der Waals surface area contributed by atoms with Crippen LogP contribution in [0, 0.1) is 6.07 Å². The van der Waals surface area contributed by atoms with Gasteiger partial charge in [-0.25, -0.2) is 9.67 Å². The fraction of sp³-hybridized carbons (Fsp3) is 0.467. The van der Waals surface area contributed by atoms with Crippen molar-refractivity contribution >= 4 is 5.69 Å². The lowest BCUT2D eigenvalue weighted by Gasteiger charge is -2.36. The summed E-state index contributed by atoms with van der Waals surface area (Å²) >= 11 is 0. The second-order valence-electron chi connectivity index (χ2n) is 5.08. The van der Waals surface area contributed by atoms with Crippen molar-refractivity contribution in [2.75, 3.05) is 51.3 Å². The first-order chi connectivity index (χ1) is 10.4. The molecule has 0 spiro atoms. The number of hydrogen-bond donors (Lipinski definition) is 0. The van der Waals surface area contributed by atoms with Gasteiger partial charge >= 0.3 is 0 Å². The Morgan fingerprint density at radius 1 is 1.29 bits per heavy atom. The van der Waals surface area contributed by atoms with E-state index in [2.05, 4.69) is 38.1 Å². The average molecular weight is 286 g/mol. The maximum absolute atomic E-state index is 5.14. The van der Waals surface area contributed by atoms with Crippen molar-refractivity contribution in [1.82, 2.24) is 19.7 Å². The van der Waals surface area contributed by atoms with Crippen LogP contribution in [0.4, 0.5) is 5.69 Å². The minimum atomic E-state index is 0.801. The first-order valence-electron chi connectivity index (χ1n) is 7.20. The molecular formula is C15H20N5O. The van der Waals surface area contributed by atoms with Crippen LogP contribution in [0.1, 0.15) is 0 Å². The van der Waals surface area contributed by atoms with Crippen LogP contribution in [-0.4, -0.2) is 66.1 Å². The molecule has 111 valence electrons. The number of rotatable bonds is 5. The number of pyridine rings is 1. The molecule has 6 heteroatoms. The standard InChI is InChI=1S/C15H20N5O/c1-21-12-11-18-7-9-19(10-8-18)14-3-5-16-15(13-14)20-6-2-4-17-20/h3-6,13H,7-12H2,1H3. The molecule has 0 aromatic carbocycles. The summed E-state index contributed by atoms with van der Waals surface area (Å²) in [5.41, 5.74) is 1.20. The number of anilines is 1. The first kappa shape index (κ1) is 14.0. The van der Waals surface area contributed by atoms with Gasteiger partial charge in [0.15, 0.2) is 5.82 Å². The summed E-state index contributed by atoms with van der Waals surface area (Å²) in [6.45, 7) is 5.99. The molecule has 0 unspecified atom stereocenters. The highest BCUT2D eigenvalue weighted by Crippen LogP contribution is 2.18. The first-order valence-corrected chi connectivity index (χ1v) is 7.20. The second-order valence-corrected chi connectivity index (χ2v) is 5.08. The van der Waals surface area contributed by atoms with Gasteiger partial charge in [0.2, 0.25) is 0 Å². The largest absolute Gasteiger partial charge is 0.383 e. The molecule has 0 N–H and O–H groups in total. The van der Waals surface area contributed by atoms with Crippen molar-refractivity contribution in [1.29, 1.82) is 0 Å². The van der Waals surface area contributed by atoms with Gasteiger partial charge in [-0.1, -0.05) is 0 Å². The zero-order valence-corrected chi connectivity index (χ0v) is 12.3. The number of aromatic nitrogens is 3. The Labute approximate surface area is 124 Å². The molecule has 2 aromatic heterocycles. The monoisotopic (exact) mass is 286 g/mol. The fourth-order valence-corrected chi connectivity index (χ4v) is 2.54. The summed E-state index contributed by atoms with van der Waals surface area (Å²) in [5.74, 6) is 0.829. The van der Waals surface area contributed by atoms with Crippen LogP contribution in [0.3, 0.4) is 0 Å². The third-order valence-corrected chi connectivity index (χ3v) is 3.77. The quantitative estimate of drug-likeness (QED) is 0.815. The van der Waals surface area contributed by atoms with E-state index < -0.39 is 0 Å². The fourth-order valence-electron chi connectivity index (χ4n) is 2.54. The molecule has 1 aliphatic heterocycles. The molecule has 0 atom stereocenters. The number of methoxy groups -OCH3 is 1. The predicted molar refractivity (Wildman–Crippen MR) is 80.7 cm³/mol. The molecular weight excluding hydrogens is 266 g/mol. The van der Waals surface area contributed by atoms with Gasteiger partial charge in [-0.3, -0.25) is 4.90 Å². The molecule has 0 saturated carbocycles. The lowest BCUT2D eigenvalue weighted by atomic mass is 10.2. The SMILES string of the molecule is COCCN1CCN(c2ccnc(-n3c[c]cn3)c2)CC1. The summed E-state index contributed by atoms with van der Waals surface area (Å²) in [7, 11) is 1.75. The van der Waals surface area contributed by atoms with Crippen LogP contribution in [0.15, 0.2) is 30.7 Å². The minimum Gasteiger partial charge on any atom is -0.383 e. The molecule has 0 aliphatic carbocycles. The molecule has 0 amide bonds. The molecule has 2 aromatic rings. The van der Waals surface area contributed by atoms with E-state index in [4.69, 9.17) is 4.74 Å². The van der Waals surface area contributed by atoms with Crippen LogP contribution in [0.2, 0.25) is 0 Å². The predicted octanol–water partition coefficient (Wildman–Crippen LogP) is 0.836. The Morgan fingerprint density at radius 2 is 2.14 bits per heavy atom. The Bertz CT molecular complexity index is 549. The summed E-state index contributed by atoms with van der Waals surface area (Å²) in [6, 6.07) is 7.06. The third kappa shape index (κ3) is 3.40. The van der Waals surface area contributed by atoms with E-state index in [1.54, 1.807) is 24.2 Å². The Hall–Kier alpha value is -1.92. The molecule has 0 bridgehead atoms. The summed E-state index contributed by atoms with van der Waals surface area (Å²) in [4.78, 5) is 9.18. The molecule has 3 heterocycles. The summed E-state index contributed by atoms with van der Waals surface area (Å²) in [5, 5.41) is 4.18. The van der Waals surface area contributed by atoms with E-state index in [0.717, 1.165) is 45.1 Å². The molecule has 1 saturated heterocycles. The third-order valence-electron chi connectivity index (χ3n) is 3.77. The highest BCUT2D eigenvalue weighted by molar-refractivity contribution is 5.50. The molecule has 1 radical (unpaired) electrons. The van der Waals surface area contributed by atoms with E-state index in [0.29, 0.717) is 0 Å². The molecule has 3 rings (SSSR count). The van der Waals surface area contributed by atoms with Crippen LogP contribution in [0.25, 0.3) is 5.82 Å². The topological polar surface area (TPSA) is 46.4 Å². The zero-order valence-electron chi connectivity index (χ0n) is 12.3.